The number of alkyl halides is 3. The number of methoxy groups -OCH3 is 1. The van der Waals surface area contributed by atoms with Gasteiger partial charge in [0.1, 0.15) is 0 Å². The molecule has 32 heavy (non-hydrogen) atoms. The highest BCUT2D eigenvalue weighted by Crippen LogP contribution is 2.38. The second-order valence-electron chi connectivity index (χ2n) is 6.60. The lowest BCUT2D eigenvalue weighted by molar-refractivity contribution is -0.137. The van der Waals surface area contributed by atoms with Crippen molar-refractivity contribution in [2.45, 2.75) is 20.0 Å². The lowest BCUT2D eigenvalue weighted by Gasteiger charge is -2.25. The van der Waals surface area contributed by atoms with Crippen LogP contribution in [0, 0.1) is 0 Å². The highest BCUT2D eigenvalue weighted by atomic mass is 35.5. The molecule has 0 saturated carbocycles. The molecule has 0 radical (unpaired) electrons. The monoisotopic (exact) mass is 473 g/mol. The first-order valence-corrected chi connectivity index (χ1v) is 9.95. The third-order valence-corrected chi connectivity index (χ3v) is 4.81. The molecule has 11 heteroatoms. The van der Waals surface area contributed by atoms with Crippen LogP contribution < -0.4 is 25.4 Å². The van der Waals surface area contributed by atoms with Crippen LogP contribution in [0.4, 0.5) is 24.5 Å². The molecule has 174 valence electrons. The third-order valence-electron chi connectivity index (χ3n) is 4.53. The molecule has 7 nitrogen and oxygen atoms in total. The number of hydrogen-bond donors (Lipinski definition) is 2. The van der Waals surface area contributed by atoms with Crippen LogP contribution in [-0.4, -0.2) is 38.6 Å². The standard InChI is InChI=1S/C21H23ClF3N3O4/c1-4-28(5-2)16-7-6-13(21(23,24)25)10-15(16)27-20(30)12-8-14(22)19(17(9-12)31-3)32-11-18(26)29/h6-10H,4-5,11H2,1-3H3,(H2,26,29)(H,27,30). The van der Waals surface area contributed by atoms with E-state index >= 15 is 0 Å². The molecule has 0 fully saturated rings. The van der Waals surface area contributed by atoms with E-state index < -0.39 is 30.2 Å². The summed E-state index contributed by atoms with van der Waals surface area (Å²) >= 11 is 6.16. The van der Waals surface area contributed by atoms with E-state index in [1.165, 1.54) is 25.3 Å². The number of nitrogens with zero attached hydrogens (tertiary/aromatic N) is 1. The molecule has 0 atom stereocenters. The Labute approximate surface area is 188 Å². The van der Waals surface area contributed by atoms with Crippen LogP contribution in [0.5, 0.6) is 11.5 Å². The van der Waals surface area contributed by atoms with Gasteiger partial charge in [-0.1, -0.05) is 11.6 Å². The van der Waals surface area contributed by atoms with Gasteiger partial charge in [-0.3, -0.25) is 9.59 Å². The number of rotatable bonds is 9. The SMILES string of the molecule is CCN(CC)c1ccc(C(F)(F)F)cc1NC(=O)c1cc(Cl)c(OCC(N)=O)c(OC)c1. The molecule has 0 aromatic heterocycles. The molecule has 2 aromatic rings. The molecule has 0 bridgehead atoms. The highest BCUT2D eigenvalue weighted by Gasteiger charge is 2.31. The van der Waals surface area contributed by atoms with Crippen molar-refractivity contribution in [2.24, 2.45) is 5.73 Å². The lowest BCUT2D eigenvalue weighted by atomic mass is 10.1. The van der Waals surface area contributed by atoms with E-state index in [1.54, 1.807) is 0 Å². The second kappa shape index (κ2) is 10.4. The molecular weight excluding hydrogens is 451 g/mol. The van der Waals surface area contributed by atoms with E-state index in [0.29, 0.717) is 18.8 Å². The van der Waals surface area contributed by atoms with Crippen LogP contribution >= 0.6 is 11.6 Å². The van der Waals surface area contributed by atoms with Crippen molar-refractivity contribution in [3.8, 4) is 11.5 Å². The molecule has 2 rings (SSSR count). The largest absolute Gasteiger partial charge is 0.493 e. The van der Waals surface area contributed by atoms with Gasteiger partial charge in [-0.05, 0) is 44.2 Å². The van der Waals surface area contributed by atoms with Gasteiger partial charge in [-0.2, -0.15) is 13.2 Å². The molecule has 0 heterocycles. The van der Waals surface area contributed by atoms with Crippen LogP contribution in [0.1, 0.15) is 29.8 Å². The average molecular weight is 474 g/mol. The zero-order valence-electron chi connectivity index (χ0n) is 17.7. The maximum absolute atomic E-state index is 13.2. The zero-order chi connectivity index (χ0) is 24.1. The molecule has 0 spiro atoms. The summed E-state index contributed by atoms with van der Waals surface area (Å²) < 4.78 is 50.1. The Bertz CT molecular complexity index is 995. The van der Waals surface area contributed by atoms with Gasteiger partial charge >= 0.3 is 6.18 Å². The van der Waals surface area contributed by atoms with Crippen molar-refractivity contribution in [2.75, 3.05) is 37.0 Å². The summed E-state index contributed by atoms with van der Waals surface area (Å²) in [6.45, 7) is 4.29. The van der Waals surface area contributed by atoms with E-state index in [1.807, 2.05) is 18.7 Å². The molecule has 3 N–H and O–H groups in total. The summed E-state index contributed by atoms with van der Waals surface area (Å²) in [5, 5.41) is 2.49. The molecule has 0 saturated heterocycles. The van der Waals surface area contributed by atoms with Gasteiger partial charge in [-0.15, -0.1) is 0 Å². The van der Waals surface area contributed by atoms with Crippen LogP contribution in [0.15, 0.2) is 30.3 Å². The minimum atomic E-state index is -4.58. The van der Waals surface area contributed by atoms with Crippen molar-refractivity contribution in [1.82, 2.24) is 0 Å². The van der Waals surface area contributed by atoms with Gasteiger partial charge in [0.25, 0.3) is 11.8 Å². The van der Waals surface area contributed by atoms with Crippen LogP contribution in [0.2, 0.25) is 5.02 Å². The number of ether oxygens (including phenoxy) is 2. The van der Waals surface area contributed by atoms with E-state index in [4.69, 9.17) is 26.8 Å². The molecule has 0 unspecified atom stereocenters. The Morgan fingerprint density at radius 3 is 2.34 bits per heavy atom. The van der Waals surface area contributed by atoms with Crippen LogP contribution in [-0.2, 0) is 11.0 Å². The summed E-state index contributed by atoms with van der Waals surface area (Å²) in [4.78, 5) is 25.7. The maximum Gasteiger partial charge on any atom is 0.416 e. The number of nitrogens with one attached hydrogen (secondary N) is 1. The molecule has 2 aromatic carbocycles. The van der Waals surface area contributed by atoms with Gasteiger partial charge in [-0.25, -0.2) is 0 Å². The van der Waals surface area contributed by atoms with E-state index in [0.717, 1.165) is 12.1 Å². The number of carbonyl (C=O) groups excluding carboxylic acids is 2. The molecule has 0 aliphatic carbocycles. The van der Waals surface area contributed by atoms with E-state index in [-0.39, 0.29) is 27.8 Å². The lowest BCUT2D eigenvalue weighted by Crippen LogP contribution is -2.24. The second-order valence-corrected chi connectivity index (χ2v) is 7.01. The number of carbonyl (C=O) groups is 2. The fourth-order valence-corrected chi connectivity index (χ4v) is 3.25. The van der Waals surface area contributed by atoms with Crippen molar-refractivity contribution in [3.63, 3.8) is 0 Å². The smallest absolute Gasteiger partial charge is 0.416 e. The Hall–Kier alpha value is -3.14. The summed E-state index contributed by atoms with van der Waals surface area (Å²) in [6.07, 6.45) is -4.58. The van der Waals surface area contributed by atoms with Crippen molar-refractivity contribution in [1.29, 1.82) is 0 Å². The Morgan fingerprint density at radius 2 is 1.81 bits per heavy atom. The molecular formula is C21H23ClF3N3O4. The minimum absolute atomic E-state index is 0.00216. The van der Waals surface area contributed by atoms with Gasteiger partial charge in [0.05, 0.1) is 29.1 Å². The quantitative estimate of drug-likeness (QED) is 0.565. The normalized spacial score (nSPS) is 11.1. The van der Waals surface area contributed by atoms with Gasteiger partial charge in [0, 0.05) is 18.7 Å². The molecule has 0 aliphatic rings. The molecule has 2 amide bonds. The van der Waals surface area contributed by atoms with Crippen LogP contribution in [0.3, 0.4) is 0 Å². The van der Waals surface area contributed by atoms with Crippen molar-refractivity contribution < 1.29 is 32.2 Å². The Morgan fingerprint density at radius 1 is 1.16 bits per heavy atom. The summed E-state index contributed by atoms with van der Waals surface area (Å²) in [6, 6.07) is 5.71. The first kappa shape index (κ1) is 25.1. The predicted octanol–water partition coefficient (Wildman–Crippen LogP) is 4.33. The number of nitrogens with two attached hydrogens (primary N) is 1. The van der Waals surface area contributed by atoms with Gasteiger partial charge in [0.15, 0.2) is 18.1 Å². The summed E-state index contributed by atoms with van der Waals surface area (Å²) in [5.41, 5.74) is 4.61. The Kier molecular flexibility index (Phi) is 8.20. The number of benzene rings is 2. The summed E-state index contributed by atoms with van der Waals surface area (Å²) in [5.74, 6) is -1.39. The van der Waals surface area contributed by atoms with E-state index in [2.05, 4.69) is 5.32 Å². The average Bonchev–Trinajstić information content (AvgIpc) is 2.73. The minimum Gasteiger partial charge on any atom is -0.493 e. The number of amides is 2. The molecule has 0 aliphatic heterocycles. The van der Waals surface area contributed by atoms with Crippen molar-refractivity contribution >= 4 is 34.8 Å². The van der Waals surface area contributed by atoms with E-state index in [9.17, 15) is 22.8 Å². The Balaban J connectivity index is 2.44. The van der Waals surface area contributed by atoms with Crippen molar-refractivity contribution in [3.05, 3.63) is 46.5 Å². The summed E-state index contributed by atoms with van der Waals surface area (Å²) in [7, 11) is 1.30. The topological polar surface area (TPSA) is 93.9 Å². The maximum atomic E-state index is 13.2. The highest BCUT2D eigenvalue weighted by molar-refractivity contribution is 6.32. The fourth-order valence-electron chi connectivity index (χ4n) is 2.98. The fraction of sp³-hybridized carbons (Fsp3) is 0.333. The predicted molar refractivity (Wildman–Crippen MR) is 116 cm³/mol. The third kappa shape index (κ3) is 5.97. The number of anilines is 2. The number of hydrogen-bond acceptors (Lipinski definition) is 5. The number of primary amides is 1. The first-order chi connectivity index (χ1) is 15.0. The number of halogens is 4. The zero-order valence-corrected chi connectivity index (χ0v) is 18.4. The van der Waals surface area contributed by atoms with Crippen LogP contribution in [0.25, 0.3) is 0 Å². The van der Waals surface area contributed by atoms with Gasteiger partial charge < -0.3 is 25.4 Å². The van der Waals surface area contributed by atoms with Gasteiger partial charge in [0.2, 0.25) is 0 Å². The first-order valence-electron chi connectivity index (χ1n) is 9.57.